The van der Waals surface area contributed by atoms with Gasteiger partial charge >= 0.3 is 0 Å². The lowest BCUT2D eigenvalue weighted by atomic mass is 9.86. The van der Waals surface area contributed by atoms with E-state index < -0.39 is 0 Å². The summed E-state index contributed by atoms with van der Waals surface area (Å²) < 4.78 is 5.09. The molecule has 0 radical (unpaired) electrons. The highest BCUT2D eigenvalue weighted by Gasteiger charge is 2.21. The van der Waals surface area contributed by atoms with Crippen molar-refractivity contribution in [1.29, 1.82) is 0 Å². The Kier molecular flexibility index (Phi) is 3.48. The fourth-order valence-electron chi connectivity index (χ4n) is 2.64. The molecular formula is C18H16O3. The molecule has 0 aromatic heterocycles. The van der Waals surface area contributed by atoms with Crippen molar-refractivity contribution < 1.29 is 14.6 Å². The maximum absolute atomic E-state index is 12.5. The van der Waals surface area contributed by atoms with E-state index in [9.17, 15) is 9.90 Å². The molecule has 0 heterocycles. The number of hydrogen-bond donors (Lipinski definition) is 1. The summed E-state index contributed by atoms with van der Waals surface area (Å²) in [7, 11) is 1.51. The number of phenolic OH excluding ortho intramolecular Hbond substituents is 1. The van der Waals surface area contributed by atoms with E-state index in [0.29, 0.717) is 5.75 Å². The number of aromatic hydroxyl groups is 1. The van der Waals surface area contributed by atoms with Crippen LogP contribution in [-0.2, 0) is 6.42 Å². The second-order valence-corrected chi connectivity index (χ2v) is 5.09. The zero-order valence-corrected chi connectivity index (χ0v) is 11.8. The SMILES string of the molecule is COc1cc(/C=C2/CCc3ccccc3C2=O)ccc1O. The van der Waals surface area contributed by atoms with Gasteiger partial charge < -0.3 is 9.84 Å². The minimum Gasteiger partial charge on any atom is -0.504 e. The molecule has 0 atom stereocenters. The molecule has 0 saturated carbocycles. The first-order chi connectivity index (χ1) is 10.2. The number of ketones is 1. The zero-order chi connectivity index (χ0) is 14.8. The molecule has 0 amide bonds. The van der Waals surface area contributed by atoms with Crippen LogP contribution in [0.2, 0.25) is 0 Å². The number of hydrogen-bond acceptors (Lipinski definition) is 3. The van der Waals surface area contributed by atoms with Gasteiger partial charge in [0.25, 0.3) is 0 Å². The molecule has 0 bridgehead atoms. The first kappa shape index (κ1) is 13.4. The van der Waals surface area contributed by atoms with E-state index in [0.717, 1.165) is 35.1 Å². The normalized spacial score (nSPS) is 15.9. The van der Waals surface area contributed by atoms with Crippen LogP contribution in [0.1, 0.15) is 27.9 Å². The van der Waals surface area contributed by atoms with Crippen molar-refractivity contribution >= 4 is 11.9 Å². The molecule has 0 fully saturated rings. The van der Waals surface area contributed by atoms with Crippen LogP contribution in [0.25, 0.3) is 6.08 Å². The first-order valence-electron chi connectivity index (χ1n) is 6.89. The van der Waals surface area contributed by atoms with Crippen molar-refractivity contribution in [3.05, 3.63) is 64.7 Å². The maximum Gasteiger partial charge on any atom is 0.189 e. The van der Waals surface area contributed by atoms with Gasteiger partial charge in [-0.25, -0.2) is 0 Å². The van der Waals surface area contributed by atoms with Gasteiger partial charge in [0.1, 0.15) is 0 Å². The van der Waals surface area contributed by atoms with Gasteiger partial charge in [0.2, 0.25) is 0 Å². The molecule has 0 aliphatic heterocycles. The summed E-state index contributed by atoms with van der Waals surface area (Å²) in [4.78, 5) is 12.5. The number of rotatable bonds is 2. The third-order valence-corrected chi connectivity index (χ3v) is 3.76. The second-order valence-electron chi connectivity index (χ2n) is 5.09. The molecule has 1 N–H and O–H groups in total. The lowest BCUT2D eigenvalue weighted by Crippen LogP contribution is -2.13. The fraction of sp³-hybridized carbons (Fsp3) is 0.167. The summed E-state index contributed by atoms with van der Waals surface area (Å²) in [5, 5.41) is 9.61. The molecule has 2 aromatic rings. The van der Waals surface area contributed by atoms with Crippen LogP contribution < -0.4 is 4.74 Å². The van der Waals surface area contributed by atoms with Gasteiger partial charge in [-0.1, -0.05) is 30.3 Å². The molecule has 1 aliphatic carbocycles. The van der Waals surface area contributed by atoms with Gasteiger partial charge in [-0.15, -0.1) is 0 Å². The van der Waals surface area contributed by atoms with Crippen LogP contribution >= 0.6 is 0 Å². The Morgan fingerprint density at radius 3 is 2.76 bits per heavy atom. The minimum absolute atomic E-state index is 0.0869. The van der Waals surface area contributed by atoms with Gasteiger partial charge in [0, 0.05) is 11.1 Å². The molecule has 3 heteroatoms. The predicted molar refractivity (Wildman–Crippen MR) is 81.7 cm³/mol. The number of aryl methyl sites for hydroxylation is 1. The molecular weight excluding hydrogens is 264 g/mol. The Morgan fingerprint density at radius 2 is 1.95 bits per heavy atom. The third-order valence-electron chi connectivity index (χ3n) is 3.76. The number of phenols is 1. The molecule has 21 heavy (non-hydrogen) atoms. The number of ether oxygens (including phenoxy) is 1. The Hall–Kier alpha value is -2.55. The number of Topliss-reactive ketones (excluding diaryl/α,β-unsaturated/α-hetero) is 1. The fourth-order valence-corrected chi connectivity index (χ4v) is 2.64. The number of carbonyl (C=O) groups excluding carboxylic acids is 1. The zero-order valence-electron chi connectivity index (χ0n) is 11.8. The van der Waals surface area contributed by atoms with Crippen LogP contribution in [-0.4, -0.2) is 18.0 Å². The smallest absolute Gasteiger partial charge is 0.189 e. The van der Waals surface area contributed by atoms with Crippen molar-refractivity contribution in [3.8, 4) is 11.5 Å². The topological polar surface area (TPSA) is 46.5 Å². The predicted octanol–water partition coefficient (Wildman–Crippen LogP) is 3.61. The van der Waals surface area contributed by atoms with Gasteiger partial charge in [-0.3, -0.25) is 4.79 Å². The van der Waals surface area contributed by atoms with Gasteiger partial charge in [-0.05, 0) is 42.2 Å². The van der Waals surface area contributed by atoms with Crippen LogP contribution in [0, 0.1) is 0 Å². The molecule has 106 valence electrons. The van der Waals surface area contributed by atoms with Crippen molar-refractivity contribution in [1.82, 2.24) is 0 Å². The number of fused-ring (bicyclic) bond motifs is 1. The Labute approximate surface area is 123 Å². The summed E-state index contributed by atoms with van der Waals surface area (Å²) in [6, 6.07) is 12.8. The molecule has 2 aromatic carbocycles. The highest BCUT2D eigenvalue weighted by atomic mass is 16.5. The summed E-state index contributed by atoms with van der Waals surface area (Å²) in [5.41, 5.74) is 3.55. The molecule has 1 aliphatic rings. The van der Waals surface area contributed by atoms with Crippen molar-refractivity contribution in [2.45, 2.75) is 12.8 Å². The maximum atomic E-state index is 12.5. The van der Waals surface area contributed by atoms with Crippen molar-refractivity contribution in [2.75, 3.05) is 7.11 Å². The average molecular weight is 280 g/mol. The Bertz CT molecular complexity index is 729. The monoisotopic (exact) mass is 280 g/mol. The van der Waals surface area contributed by atoms with E-state index in [1.165, 1.54) is 7.11 Å². The highest BCUT2D eigenvalue weighted by molar-refractivity contribution is 6.13. The van der Waals surface area contributed by atoms with E-state index in [-0.39, 0.29) is 11.5 Å². The summed E-state index contributed by atoms with van der Waals surface area (Å²) in [6.07, 6.45) is 3.49. The Balaban J connectivity index is 1.96. The number of benzene rings is 2. The van der Waals surface area contributed by atoms with Gasteiger partial charge in [0.15, 0.2) is 17.3 Å². The summed E-state index contributed by atoms with van der Waals surface area (Å²) >= 11 is 0. The average Bonchev–Trinajstić information content (AvgIpc) is 2.52. The number of allylic oxidation sites excluding steroid dienone is 1. The van der Waals surface area contributed by atoms with E-state index in [1.807, 2.05) is 30.3 Å². The van der Waals surface area contributed by atoms with Gasteiger partial charge in [-0.2, -0.15) is 0 Å². The first-order valence-corrected chi connectivity index (χ1v) is 6.89. The number of carbonyl (C=O) groups is 1. The molecule has 3 nitrogen and oxygen atoms in total. The lowest BCUT2D eigenvalue weighted by Gasteiger charge is -2.17. The quantitative estimate of drug-likeness (QED) is 0.855. The van der Waals surface area contributed by atoms with Gasteiger partial charge in [0.05, 0.1) is 7.11 Å². The molecule has 0 spiro atoms. The lowest BCUT2D eigenvalue weighted by molar-refractivity contribution is 0.102. The standard InChI is InChI=1S/C18H16O3/c1-21-17-11-12(6-9-16(17)19)10-14-8-7-13-4-2-3-5-15(13)18(14)20/h2-6,9-11,19H,7-8H2,1H3/b14-10-. The molecule has 0 unspecified atom stereocenters. The minimum atomic E-state index is 0.0869. The summed E-state index contributed by atoms with van der Waals surface area (Å²) in [5.74, 6) is 0.594. The van der Waals surface area contributed by atoms with Crippen LogP contribution in [0.5, 0.6) is 11.5 Å². The van der Waals surface area contributed by atoms with Crippen molar-refractivity contribution in [2.24, 2.45) is 0 Å². The number of methoxy groups -OCH3 is 1. The van der Waals surface area contributed by atoms with Crippen molar-refractivity contribution in [3.63, 3.8) is 0 Å². The molecule has 3 rings (SSSR count). The van der Waals surface area contributed by atoms with E-state index in [1.54, 1.807) is 18.2 Å². The van der Waals surface area contributed by atoms with E-state index >= 15 is 0 Å². The third kappa shape index (κ3) is 2.55. The van der Waals surface area contributed by atoms with E-state index in [4.69, 9.17) is 4.74 Å². The van der Waals surface area contributed by atoms with Crippen LogP contribution in [0.4, 0.5) is 0 Å². The van der Waals surface area contributed by atoms with Crippen LogP contribution in [0.3, 0.4) is 0 Å². The largest absolute Gasteiger partial charge is 0.504 e. The summed E-state index contributed by atoms with van der Waals surface area (Å²) in [6.45, 7) is 0. The van der Waals surface area contributed by atoms with Crippen LogP contribution in [0.15, 0.2) is 48.0 Å². The highest BCUT2D eigenvalue weighted by Crippen LogP contribution is 2.30. The Morgan fingerprint density at radius 1 is 1.14 bits per heavy atom. The second kappa shape index (κ2) is 5.44. The van der Waals surface area contributed by atoms with E-state index in [2.05, 4.69) is 0 Å². The molecule has 0 saturated heterocycles.